The summed E-state index contributed by atoms with van der Waals surface area (Å²) in [6.45, 7) is 4.29. The first-order chi connectivity index (χ1) is 5.27. The third-order valence-electron chi connectivity index (χ3n) is 1.75. The topological polar surface area (TPSA) is 30.7 Å². The molecular formula is C7H12BrN3. The first-order valence-corrected chi connectivity index (χ1v) is 4.64. The van der Waals surface area contributed by atoms with E-state index in [1.807, 2.05) is 0 Å². The number of nitrogens with zero attached hydrogens (tertiary/aromatic N) is 3. The standard InChI is InChI=1S/C7H12BrN3/c1-3-6(4-2)11-9-5-7(8)10-11/h5-6H,3-4H2,1-2H3. The highest BCUT2D eigenvalue weighted by molar-refractivity contribution is 9.10. The van der Waals surface area contributed by atoms with Gasteiger partial charge in [-0.2, -0.15) is 9.90 Å². The van der Waals surface area contributed by atoms with Crippen LogP contribution in [0.5, 0.6) is 0 Å². The lowest BCUT2D eigenvalue weighted by Crippen LogP contribution is -2.10. The van der Waals surface area contributed by atoms with Crippen molar-refractivity contribution in [1.29, 1.82) is 0 Å². The van der Waals surface area contributed by atoms with Crippen LogP contribution in [0.25, 0.3) is 0 Å². The van der Waals surface area contributed by atoms with Crippen LogP contribution in [0.1, 0.15) is 32.7 Å². The zero-order valence-electron chi connectivity index (χ0n) is 6.79. The Morgan fingerprint density at radius 3 is 2.55 bits per heavy atom. The molecule has 0 aliphatic rings. The molecule has 0 bridgehead atoms. The molecule has 4 heteroatoms. The first kappa shape index (κ1) is 8.71. The molecule has 0 spiro atoms. The van der Waals surface area contributed by atoms with Gasteiger partial charge in [0.1, 0.15) is 4.60 Å². The maximum atomic E-state index is 4.17. The van der Waals surface area contributed by atoms with E-state index in [0.717, 1.165) is 17.4 Å². The fraction of sp³-hybridized carbons (Fsp3) is 0.714. The van der Waals surface area contributed by atoms with E-state index in [1.54, 1.807) is 11.0 Å². The van der Waals surface area contributed by atoms with Crippen molar-refractivity contribution in [3.63, 3.8) is 0 Å². The van der Waals surface area contributed by atoms with Gasteiger partial charge in [-0.1, -0.05) is 13.8 Å². The highest BCUT2D eigenvalue weighted by Crippen LogP contribution is 2.13. The molecule has 62 valence electrons. The summed E-state index contributed by atoms with van der Waals surface area (Å²) in [6, 6.07) is 0.446. The van der Waals surface area contributed by atoms with E-state index in [0.29, 0.717) is 6.04 Å². The minimum Gasteiger partial charge on any atom is -0.181 e. The van der Waals surface area contributed by atoms with E-state index in [1.165, 1.54) is 0 Å². The normalized spacial score (nSPS) is 10.9. The van der Waals surface area contributed by atoms with Crippen molar-refractivity contribution in [2.75, 3.05) is 0 Å². The highest BCUT2D eigenvalue weighted by atomic mass is 79.9. The molecule has 1 aromatic rings. The lowest BCUT2D eigenvalue weighted by atomic mass is 10.2. The SMILES string of the molecule is CCC(CC)n1ncc(Br)n1. The van der Waals surface area contributed by atoms with E-state index >= 15 is 0 Å². The van der Waals surface area contributed by atoms with Crippen LogP contribution in [0, 0.1) is 0 Å². The van der Waals surface area contributed by atoms with Crippen molar-refractivity contribution in [2.45, 2.75) is 32.7 Å². The summed E-state index contributed by atoms with van der Waals surface area (Å²) in [5.41, 5.74) is 0. The van der Waals surface area contributed by atoms with E-state index in [-0.39, 0.29) is 0 Å². The molecule has 0 saturated carbocycles. The van der Waals surface area contributed by atoms with Gasteiger partial charge in [-0.15, -0.1) is 5.10 Å². The van der Waals surface area contributed by atoms with Crippen LogP contribution in [-0.4, -0.2) is 15.0 Å². The van der Waals surface area contributed by atoms with Gasteiger partial charge in [0, 0.05) is 0 Å². The largest absolute Gasteiger partial charge is 0.181 e. The Morgan fingerprint density at radius 1 is 1.55 bits per heavy atom. The molecule has 0 radical (unpaired) electrons. The number of aromatic nitrogens is 3. The van der Waals surface area contributed by atoms with E-state index in [9.17, 15) is 0 Å². The van der Waals surface area contributed by atoms with Crippen LogP contribution in [0.3, 0.4) is 0 Å². The second-order valence-corrected chi connectivity index (χ2v) is 3.27. The quantitative estimate of drug-likeness (QED) is 0.779. The molecule has 0 aromatic carbocycles. The van der Waals surface area contributed by atoms with Gasteiger partial charge in [0.2, 0.25) is 0 Å². The predicted molar refractivity (Wildman–Crippen MR) is 47.3 cm³/mol. The highest BCUT2D eigenvalue weighted by Gasteiger charge is 2.07. The maximum Gasteiger partial charge on any atom is 0.148 e. The Kier molecular flexibility index (Phi) is 3.05. The van der Waals surface area contributed by atoms with Gasteiger partial charge in [0.15, 0.2) is 0 Å². The van der Waals surface area contributed by atoms with Gasteiger partial charge in [0.25, 0.3) is 0 Å². The summed E-state index contributed by atoms with van der Waals surface area (Å²) < 4.78 is 0.810. The van der Waals surface area contributed by atoms with Crippen molar-refractivity contribution < 1.29 is 0 Å². The minimum absolute atomic E-state index is 0.446. The van der Waals surface area contributed by atoms with E-state index in [2.05, 4.69) is 40.0 Å². The third-order valence-corrected chi connectivity index (χ3v) is 2.11. The Bertz CT molecular complexity index is 217. The molecule has 1 aromatic heterocycles. The molecule has 0 saturated heterocycles. The molecule has 0 aliphatic heterocycles. The Balaban J connectivity index is 2.73. The van der Waals surface area contributed by atoms with Crippen molar-refractivity contribution in [2.24, 2.45) is 0 Å². The van der Waals surface area contributed by atoms with Crippen LogP contribution in [0.4, 0.5) is 0 Å². The molecule has 0 aliphatic carbocycles. The molecule has 3 nitrogen and oxygen atoms in total. The number of halogens is 1. The van der Waals surface area contributed by atoms with Crippen molar-refractivity contribution in [3.05, 3.63) is 10.8 Å². The second kappa shape index (κ2) is 3.85. The van der Waals surface area contributed by atoms with Crippen LogP contribution in [-0.2, 0) is 0 Å². The number of hydrogen-bond donors (Lipinski definition) is 0. The van der Waals surface area contributed by atoms with Crippen LogP contribution >= 0.6 is 15.9 Å². The van der Waals surface area contributed by atoms with Crippen LogP contribution in [0.15, 0.2) is 10.8 Å². The predicted octanol–water partition coefficient (Wildman–Crippen LogP) is 2.40. The Labute approximate surface area is 74.9 Å². The average molecular weight is 218 g/mol. The Hall–Kier alpha value is -0.380. The number of hydrogen-bond acceptors (Lipinski definition) is 2. The van der Waals surface area contributed by atoms with E-state index in [4.69, 9.17) is 0 Å². The van der Waals surface area contributed by atoms with Crippen LogP contribution < -0.4 is 0 Å². The molecule has 0 atom stereocenters. The molecule has 1 rings (SSSR count). The van der Waals surface area contributed by atoms with Gasteiger partial charge < -0.3 is 0 Å². The average Bonchev–Trinajstić information content (AvgIpc) is 2.39. The number of rotatable bonds is 3. The smallest absolute Gasteiger partial charge is 0.148 e. The summed E-state index contributed by atoms with van der Waals surface area (Å²) in [6.07, 6.45) is 3.88. The fourth-order valence-electron chi connectivity index (χ4n) is 1.05. The minimum atomic E-state index is 0.446. The zero-order chi connectivity index (χ0) is 8.27. The summed E-state index contributed by atoms with van der Waals surface area (Å²) in [7, 11) is 0. The van der Waals surface area contributed by atoms with Crippen LogP contribution in [0.2, 0.25) is 0 Å². The summed E-state index contributed by atoms with van der Waals surface area (Å²) >= 11 is 3.26. The summed E-state index contributed by atoms with van der Waals surface area (Å²) in [5, 5.41) is 8.29. The van der Waals surface area contributed by atoms with Crippen molar-refractivity contribution >= 4 is 15.9 Å². The molecule has 0 amide bonds. The summed E-state index contributed by atoms with van der Waals surface area (Å²) in [5.74, 6) is 0. The van der Waals surface area contributed by atoms with Gasteiger partial charge in [-0.25, -0.2) is 0 Å². The Morgan fingerprint density at radius 2 is 2.18 bits per heavy atom. The molecule has 11 heavy (non-hydrogen) atoms. The zero-order valence-corrected chi connectivity index (χ0v) is 8.37. The van der Waals surface area contributed by atoms with Crippen molar-refractivity contribution in [3.8, 4) is 0 Å². The molecule has 0 fully saturated rings. The monoisotopic (exact) mass is 217 g/mol. The van der Waals surface area contributed by atoms with Gasteiger partial charge in [-0.3, -0.25) is 0 Å². The van der Waals surface area contributed by atoms with Crippen molar-refractivity contribution in [1.82, 2.24) is 15.0 Å². The van der Waals surface area contributed by atoms with E-state index < -0.39 is 0 Å². The molecule has 0 N–H and O–H groups in total. The second-order valence-electron chi connectivity index (χ2n) is 2.46. The van der Waals surface area contributed by atoms with Gasteiger partial charge in [-0.05, 0) is 28.8 Å². The van der Waals surface area contributed by atoms with Gasteiger partial charge >= 0.3 is 0 Å². The fourth-order valence-corrected chi connectivity index (χ4v) is 1.30. The first-order valence-electron chi connectivity index (χ1n) is 3.85. The molecular weight excluding hydrogens is 206 g/mol. The lowest BCUT2D eigenvalue weighted by molar-refractivity contribution is 0.381. The summed E-state index contributed by atoms with van der Waals surface area (Å²) in [4.78, 5) is 1.77. The maximum absolute atomic E-state index is 4.17. The third kappa shape index (κ3) is 2.02. The van der Waals surface area contributed by atoms with Gasteiger partial charge in [0.05, 0.1) is 12.2 Å². The lowest BCUT2D eigenvalue weighted by Gasteiger charge is -2.09. The molecule has 1 heterocycles. The molecule has 0 unspecified atom stereocenters.